The molecule has 0 saturated heterocycles. The Morgan fingerprint density at radius 2 is 1.47 bits per heavy atom. The normalized spacial score (nSPS) is 11.6. The van der Waals surface area contributed by atoms with Crippen LogP contribution in [0, 0.1) is 20.8 Å². The molecule has 2 N–H and O–H groups in total. The average molecular weight is 234 g/mol. The first-order valence-electron chi connectivity index (χ1n) is 6.36. The zero-order valence-electron chi connectivity index (χ0n) is 12.1. The molecule has 2 heteroatoms. The van der Waals surface area contributed by atoms with E-state index in [1.54, 1.807) is 0 Å². The van der Waals surface area contributed by atoms with Crippen LogP contribution >= 0.6 is 0 Å². The molecule has 0 aromatic heterocycles. The summed E-state index contributed by atoms with van der Waals surface area (Å²) in [5.41, 5.74) is 5.47. The largest absolute Gasteiger partial charge is 0.383 e. The van der Waals surface area contributed by atoms with Gasteiger partial charge in [-0.25, -0.2) is 0 Å². The quantitative estimate of drug-likeness (QED) is 0.780. The summed E-state index contributed by atoms with van der Waals surface area (Å²) < 4.78 is 0. The van der Waals surface area contributed by atoms with Crippen molar-refractivity contribution in [2.45, 2.75) is 47.1 Å². The highest BCUT2D eigenvalue weighted by Gasteiger charge is 2.08. The summed E-state index contributed by atoms with van der Waals surface area (Å²) in [4.78, 5) is 0. The van der Waals surface area contributed by atoms with Crippen LogP contribution in [-0.4, -0.2) is 18.6 Å². The number of anilines is 1. The van der Waals surface area contributed by atoms with Gasteiger partial charge in [-0.15, -0.1) is 0 Å². The summed E-state index contributed by atoms with van der Waals surface area (Å²) in [6, 6.07) is 4.46. The maximum Gasteiger partial charge on any atom is 0.0400 e. The van der Waals surface area contributed by atoms with Crippen LogP contribution in [0.15, 0.2) is 12.1 Å². The molecule has 0 bridgehead atoms. The van der Waals surface area contributed by atoms with Crippen LogP contribution < -0.4 is 10.6 Å². The van der Waals surface area contributed by atoms with E-state index in [4.69, 9.17) is 0 Å². The Labute approximate surface area is 106 Å². The Bertz CT molecular complexity index is 352. The minimum atomic E-state index is 0.193. The second-order valence-electron chi connectivity index (χ2n) is 5.88. The van der Waals surface area contributed by atoms with Gasteiger partial charge in [0.25, 0.3) is 0 Å². The topological polar surface area (TPSA) is 24.1 Å². The van der Waals surface area contributed by atoms with Gasteiger partial charge in [0, 0.05) is 24.3 Å². The van der Waals surface area contributed by atoms with E-state index in [0.29, 0.717) is 0 Å². The fraction of sp³-hybridized carbons (Fsp3) is 0.600. The van der Waals surface area contributed by atoms with Crippen molar-refractivity contribution in [2.75, 3.05) is 18.4 Å². The maximum absolute atomic E-state index is 3.52. The smallest absolute Gasteiger partial charge is 0.0400 e. The van der Waals surface area contributed by atoms with Gasteiger partial charge in [0.15, 0.2) is 0 Å². The molecule has 0 spiro atoms. The predicted octanol–water partition coefficient (Wildman–Crippen LogP) is 3.41. The maximum atomic E-state index is 3.52. The van der Waals surface area contributed by atoms with Crippen LogP contribution in [0.4, 0.5) is 5.69 Å². The van der Waals surface area contributed by atoms with Gasteiger partial charge in [0.2, 0.25) is 0 Å². The van der Waals surface area contributed by atoms with Crippen molar-refractivity contribution in [3.8, 4) is 0 Å². The summed E-state index contributed by atoms with van der Waals surface area (Å²) in [6.07, 6.45) is 0. The third kappa shape index (κ3) is 4.78. The third-order valence-corrected chi connectivity index (χ3v) is 2.76. The Morgan fingerprint density at radius 3 is 1.94 bits per heavy atom. The molecule has 0 fully saturated rings. The lowest BCUT2D eigenvalue weighted by molar-refractivity contribution is 0.435. The molecule has 0 atom stereocenters. The molecule has 1 aromatic rings. The number of rotatable bonds is 4. The molecule has 0 saturated carbocycles. The first kappa shape index (κ1) is 14.0. The molecule has 0 amide bonds. The van der Waals surface area contributed by atoms with Crippen molar-refractivity contribution in [3.05, 3.63) is 28.8 Å². The van der Waals surface area contributed by atoms with Crippen molar-refractivity contribution in [1.82, 2.24) is 5.32 Å². The van der Waals surface area contributed by atoms with Crippen LogP contribution in [0.25, 0.3) is 0 Å². The lowest BCUT2D eigenvalue weighted by Gasteiger charge is -2.21. The van der Waals surface area contributed by atoms with Crippen molar-refractivity contribution in [1.29, 1.82) is 0 Å². The number of hydrogen-bond donors (Lipinski definition) is 2. The molecule has 17 heavy (non-hydrogen) atoms. The van der Waals surface area contributed by atoms with Gasteiger partial charge in [-0.1, -0.05) is 17.7 Å². The Hall–Kier alpha value is -1.02. The van der Waals surface area contributed by atoms with E-state index < -0.39 is 0 Å². The summed E-state index contributed by atoms with van der Waals surface area (Å²) in [5.74, 6) is 0. The molecule has 0 heterocycles. The van der Waals surface area contributed by atoms with E-state index in [-0.39, 0.29) is 5.54 Å². The molecule has 1 aromatic carbocycles. The van der Waals surface area contributed by atoms with Crippen molar-refractivity contribution < 1.29 is 0 Å². The molecule has 1 rings (SSSR count). The van der Waals surface area contributed by atoms with Gasteiger partial charge in [-0.3, -0.25) is 0 Å². The minimum Gasteiger partial charge on any atom is -0.383 e. The standard InChI is InChI=1S/C15H26N2/c1-11-9-12(2)14(13(3)10-11)16-7-8-17-15(4,5)6/h9-10,16-17H,7-8H2,1-6H3. The van der Waals surface area contributed by atoms with E-state index in [1.807, 2.05) is 0 Å². The monoisotopic (exact) mass is 234 g/mol. The zero-order valence-corrected chi connectivity index (χ0v) is 12.1. The Morgan fingerprint density at radius 1 is 0.941 bits per heavy atom. The number of benzene rings is 1. The molecule has 0 aliphatic heterocycles. The van der Waals surface area contributed by atoms with Gasteiger partial charge in [0.1, 0.15) is 0 Å². The summed E-state index contributed by atoms with van der Waals surface area (Å²) in [5, 5.41) is 7.00. The number of nitrogens with one attached hydrogen (secondary N) is 2. The minimum absolute atomic E-state index is 0.193. The second-order valence-corrected chi connectivity index (χ2v) is 5.88. The highest BCUT2D eigenvalue weighted by atomic mass is 15.0. The number of hydrogen-bond acceptors (Lipinski definition) is 2. The van der Waals surface area contributed by atoms with Gasteiger partial charge in [-0.05, 0) is 52.7 Å². The van der Waals surface area contributed by atoms with Crippen LogP contribution in [0.1, 0.15) is 37.5 Å². The van der Waals surface area contributed by atoms with Gasteiger partial charge in [0.05, 0.1) is 0 Å². The van der Waals surface area contributed by atoms with Gasteiger partial charge in [-0.2, -0.15) is 0 Å². The SMILES string of the molecule is Cc1cc(C)c(NCCNC(C)(C)C)c(C)c1. The van der Waals surface area contributed by atoms with Crippen LogP contribution in [0.5, 0.6) is 0 Å². The second kappa shape index (κ2) is 5.54. The van der Waals surface area contributed by atoms with E-state index >= 15 is 0 Å². The average Bonchev–Trinajstić information content (AvgIpc) is 2.13. The first-order chi connectivity index (χ1) is 7.79. The van der Waals surface area contributed by atoms with Crippen molar-refractivity contribution in [3.63, 3.8) is 0 Å². The highest BCUT2D eigenvalue weighted by molar-refractivity contribution is 5.58. The fourth-order valence-electron chi connectivity index (χ4n) is 2.08. The molecule has 0 aliphatic carbocycles. The van der Waals surface area contributed by atoms with Crippen LogP contribution in [0.3, 0.4) is 0 Å². The molecule has 0 aliphatic rings. The van der Waals surface area contributed by atoms with Crippen molar-refractivity contribution in [2.24, 2.45) is 0 Å². The van der Waals surface area contributed by atoms with Crippen molar-refractivity contribution >= 4 is 5.69 Å². The number of aryl methyl sites for hydroxylation is 3. The Kier molecular flexibility index (Phi) is 4.58. The third-order valence-electron chi connectivity index (χ3n) is 2.76. The van der Waals surface area contributed by atoms with E-state index in [9.17, 15) is 0 Å². The Balaban J connectivity index is 2.53. The molecule has 0 radical (unpaired) electrons. The fourth-order valence-corrected chi connectivity index (χ4v) is 2.08. The summed E-state index contributed by atoms with van der Waals surface area (Å²) in [6.45, 7) is 15.0. The molecule has 0 unspecified atom stereocenters. The first-order valence-corrected chi connectivity index (χ1v) is 6.36. The lowest BCUT2D eigenvalue weighted by atomic mass is 10.1. The predicted molar refractivity (Wildman–Crippen MR) is 76.9 cm³/mol. The molecule has 2 nitrogen and oxygen atoms in total. The zero-order chi connectivity index (χ0) is 13.1. The summed E-state index contributed by atoms with van der Waals surface area (Å²) in [7, 11) is 0. The van der Waals surface area contributed by atoms with Gasteiger partial charge < -0.3 is 10.6 Å². The van der Waals surface area contributed by atoms with E-state index in [1.165, 1.54) is 22.4 Å². The summed E-state index contributed by atoms with van der Waals surface area (Å²) >= 11 is 0. The van der Waals surface area contributed by atoms with Crippen LogP contribution in [-0.2, 0) is 0 Å². The highest BCUT2D eigenvalue weighted by Crippen LogP contribution is 2.21. The van der Waals surface area contributed by atoms with Crippen LogP contribution in [0.2, 0.25) is 0 Å². The lowest BCUT2D eigenvalue weighted by Crippen LogP contribution is -2.38. The molecular weight excluding hydrogens is 208 g/mol. The molecule has 96 valence electrons. The molecular formula is C15H26N2. The van der Waals surface area contributed by atoms with Gasteiger partial charge >= 0.3 is 0 Å². The van der Waals surface area contributed by atoms with E-state index in [2.05, 4.69) is 64.3 Å². The van der Waals surface area contributed by atoms with E-state index in [0.717, 1.165) is 13.1 Å².